The molecule has 0 bridgehead atoms. The molecule has 4 rings (SSSR count). The molecule has 0 radical (unpaired) electrons. The van der Waals surface area contributed by atoms with Crippen LogP contribution >= 0.6 is 18.5 Å². The van der Waals surface area contributed by atoms with Gasteiger partial charge in [0.1, 0.15) is 12.4 Å². The minimum Gasteiger partial charge on any atom is -0.488 e. The van der Waals surface area contributed by atoms with Crippen LogP contribution in [-0.2, 0) is 18.9 Å². The van der Waals surface area contributed by atoms with E-state index >= 15 is 0 Å². The first-order chi connectivity index (χ1) is 13.7. The Morgan fingerprint density at radius 2 is 1.50 bits per heavy atom. The fraction of sp³-hybridized carbons (Fsp3) is 0.217. The summed E-state index contributed by atoms with van der Waals surface area (Å²) in [5.74, 6) is 2.55. The predicted octanol–water partition coefficient (Wildman–Crippen LogP) is 5.72. The second-order valence-corrected chi connectivity index (χ2v) is 7.69. The average molecular weight is 410 g/mol. The minimum atomic E-state index is 0.286. The summed E-state index contributed by atoms with van der Waals surface area (Å²) in [5.41, 5.74) is 7.18. The van der Waals surface area contributed by atoms with Gasteiger partial charge in [-0.15, -0.1) is 18.5 Å². The van der Waals surface area contributed by atoms with Crippen molar-refractivity contribution in [1.29, 1.82) is 0 Å². The second kappa shape index (κ2) is 8.52. The fourth-order valence-corrected chi connectivity index (χ4v) is 3.95. The molecule has 2 unspecified atom stereocenters. The Kier molecular flexibility index (Phi) is 5.85. The van der Waals surface area contributed by atoms with E-state index < -0.39 is 0 Å². The first-order valence-corrected chi connectivity index (χ1v) is 11.0. The van der Waals surface area contributed by atoms with E-state index in [1.165, 1.54) is 27.8 Å². The summed E-state index contributed by atoms with van der Waals surface area (Å²) in [7, 11) is 5.65. The van der Waals surface area contributed by atoms with Crippen LogP contribution in [0.5, 0.6) is 17.2 Å². The number of benzene rings is 3. The van der Waals surface area contributed by atoms with Crippen LogP contribution in [0.1, 0.15) is 22.3 Å². The van der Waals surface area contributed by atoms with E-state index in [4.69, 9.17) is 14.2 Å². The van der Waals surface area contributed by atoms with Crippen LogP contribution in [-0.4, -0.2) is 6.79 Å². The van der Waals surface area contributed by atoms with Crippen molar-refractivity contribution in [3.05, 3.63) is 76.9 Å². The van der Waals surface area contributed by atoms with Gasteiger partial charge in [-0.1, -0.05) is 35.9 Å². The molecule has 0 saturated carbocycles. The van der Waals surface area contributed by atoms with Crippen molar-refractivity contribution in [2.24, 2.45) is 0 Å². The largest absolute Gasteiger partial charge is 0.488 e. The van der Waals surface area contributed by atoms with Crippen LogP contribution in [0.2, 0.25) is 0 Å². The zero-order valence-corrected chi connectivity index (χ0v) is 18.2. The molecule has 1 aliphatic rings. The number of rotatable bonds is 6. The summed E-state index contributed by atoms with van der Waals surface area (Å²) in [6, 6.07) is 19.1. The average Bonchev–Trinajstić information content (AvgIpc) is 3.20. The summed E-state index contributed by atoms with van der Waals surface area (Å²) >= 11 is 0. The van der Waals surface area contributed by atoms with Crippen LogP contribution in [0.15, 0.2) is 54.6 Å². The van der Waals surface area contributed by atoms with E-state index in [-0.39, 0.29) is 6.79 Å². The maximum absolute atomic E-state index is 6.28. The lowest BCUT2D eigenvalue weighted by Crippen LogP contribution is -2.02. The van der Waals surface area contributed by atoms with Gasteiger partial charge in [0.15, 0.2) is 11.5 Å². The molecule has 1 heterocycles. The van der Waals surface area contributed by atoms with Gasteiger partial charge in [-0.05, 0) is 71.3 Å². The zero-order chi connectivity index (χ0) is 19.5. The molecule has 0 aromatic heterocycles. The van der Waals surface area contributed by atoms with Crippen LogP contribution < -0.4 is 14.2 Å². The summed E-state index contributed by atoms with van der Waals surface area (Å²) in [4.78, 5) is 0. The maximum Gasteiger partial charge on any atom is 0.231 e. The van der Waals surface area contributed by atoms with Gasteiger partial charge >= 0.3 is 0 Å². The molecule has 0 saturated heterocycles. The van der Waals surface area contributed by atoms with Crippen molar-refractivity contribution in [3.63, 3.8) is 0 Å². The number of aryl methyl sites for hydroxylation is 1. The molecular weight excluding hydrogens is 386 g/mol. The number of hydrogen-bond donors (Lipinski definition) is 0. The first-order valence-electron chi connectivity index (χ1n) is 9.32. The molecule has 2 atom stereocenters. The van der Waals surface area contributed by atoms with Gasteiger partial charge in [0.05, 0.1) is 0 Å². The van der Waals surface area contributed by atoms with Crippen molar-refractivity contribution in [1.82, 2.24) is 0 Å². The van der Waals surface area contributed by atoms with Crippen molar-refractivity contribution in [2.75, 3.05) is 6.79 Å². The molecule has 144 valence electrons. The number of fused-ring (bicyclic) bond motifs is 1. The van der Waals surface area contributed by atoms with E-state index in [9.17, 15) is 0 Å². The van der Waals surface area contributed by atoms with E-state index in [1.807, 2.05) is 18.2 Å². The van der Waals surface area contributed by atoms with Crippen molar-refractivity contribution in [2.45, 2.75) is 25.9 Å². The highest BCUT2D eigenvalue weighted by atomic mass is 31.0. The molecule has 3 aromatic rings. The van der Waals surface area contributed by atoms with Gasteiger partial charge in [-0.3, -0.25) is 0 Å². The lowest BCUT2D eigenvalue weighted by atomic mass is 9.99. The standard InChI is InChI=1S/C23H24O3P2/c1-15-2-5-17(6-3-15)18-9-19(12-27)23(20(10-18)13-28)24-11-16-4-7-21-22(8-16)26-14-25-21/h2-10H,11-14,27-28H2,1H3. The zero-order valence-electron chi connectivity index (χ0n) is 15.9. The molecule has 3 aromatic carbocycles. The third-order valence-corrected chi connectivity index (χ3v) is 5.77. The minimum absolute atomic E-state index is 0.286. The van der Waals surface area contributed by atoms with Crippen LogP contribution in [0.4, 0.5) is 0 Å². The van der Waals surface area contributed by atoms with Crippen molar-refractivity contribution in [3.8, 4) is 28.4 Å². The second-order valence-electron chi connectivity index (χ2n) is 6.87. The van der Waals surface area contributed by atoms with E-state index in [0.29, 0.717) is 6.61 Å². The summed E-state index contributed by atoms with van der Waals surface area (Å²) in [6.07, 6.45) is 1.68. The summed E-state index contributed by atoms with van der Waals surface area (Å²) in [5, 5.41) is 0. The van der Waals surface area contributed by atoms with Gasteiger partial charge in [0.2, 0.25) is 6.79 Å². The molecule has 0 aliphatic carbocycles. The lowest BCUT2D eigenvalue weighted by Gasteiger charge is -2.17. The third kappa shape index (κ3) is 4.02. The molecule has 0 N–H and O–H groups in total. The highest BCUT2D eigenvalue weighted by Crippen LogP contribution is 2.36. The Morgan fingerprint density at radius 3 is 2.18 bits per heavy atom. The Morgan fingerprint density at radius 1 is 0.821 bits per heavy atom. The predicted molar refractivity (Wildman–Crippen MR) is 120 cm³/mol. The highest BCUT2D eigenvalue weighted by molar-refractivity contribution is 7.15. The van der Waals surface area contributed by atoms with Crippen molar-refractivity contribution >= 4 is 18.5 Å². The molecule has 0 fully saturated rings. The van der Waals surface area contributed by atoms with Gasteiger partial charge < -0.3 is 14.2 Å². The van der Waals surface area contributed by atoms with Crippen LogP contribution in [0, 0.1) is 6.92 Å². The van der Waals surface area contributed by atoms with E-state index in [2.05, 4.69) is 61.8 Å². The van der Waals surface area contributed by atoms with E-state index in [0.717, 1.165) is 35.1 Å². The quantitative estimate of drug-likeness (QED) is 0.487. The molecule has 28 heavy (non-hydrogen) atoms. The van der Waals surface area contributed by atoms with Crippen molar-refractivity contribution < 1.29 is 14.2 Å². The molecule has 3 nitrogen and oxygen atoms in total. The molecule has 0 spiro atoms. The molecule has 5 heteroatoms. The Labute approximate surface area is 170 Å². The Bertz CT molecular complexity index is 959. The third-order valence-electron chi connectivity index (χ3n) is 4.89. The van der Waals surface area contributed by atoms with Gasteiger partial charge in [-0.25, -0.2) is 0 Å². The normalized spacial score (nSPS) is 12.2. The lowest BCUT2D eigenvalue weighted by molar-refractivity contribution is 0.174. The molecule has 1 aliphatic heterocycles. The maximum atomic E-state index is 6.28. The highest BCUT2D eigenvalue weighted by Gasteiger charge is 2.15. The SMILES string of the molecule is Cc1ccc(-c2cc(CP)c(OCc3ccc4c(c3)OCO4)c(CP)c2)cc1. The Balaban J connectivity index is 1.61. The van der Waals surface area contributed by atoms with Crippen LogP contribution in [0.3, 0.4) is 0 Å². The van der Waals surface area contributed by atoms with Gasteiger partial charge in [0, 0.05) is 0 Å². The molecule has 0 amide bonds. The summed E-state index contributed by atoms with van der Waals surface area (Å²) < 4.78 is 17.1. The summed E-state index contributed by atoms with van der Waals surface area (Å²) in [6.45, 7) is 2.89. The topological polar surface area (TPSA) is 27.7 Å². The monoisotopic (exact) mass is 410 g/mol. The number of ether oxygens (including phenoxy) is 3. The van der Waals surface area contributed by atoms with Gasteiger partial charge in [-0.2, -0.15) is 0 Å². The number of hydrogen-bond acceptors (Lipinski definition) is 3. The first kappa shape index (κ1) is 19.2. The smallest absolute Gasteiger partial charge is 0.231 e. The fourth-order valence-electron chi connectivity index (χ4n) is 3.34. The van der Waals surface area contributed by atoms with Crippen LogP contribution in [0.25, 0.3) is 11.1 Å². The molecular formula is C23H24O3P2. The van der Waals surface area contributed by atoms with Gasteiger partial charge in [0.25, 0.3) is 0 Å². The van der Waals surface area contributed by atoms with E-state index in [1.54, 1.807) is 0 Å². The Hall–Kier alpha value is -2.08.